The zero-order chi connectivity index (χ0) is 29.4. The van der Waals surface area contributed by atoms with E-state index in [-0.39, 0.29) is 42.5 Å². The summed E-state index contributed by atoms with van der Waals surface area (Å²) in [5.74, 6) is -0.635. The minimum atomic E-state index is -0.932. The highest BCUT2D eigenvalue weighted by Gasteiger charge is 2.50. The maximum absolute atomic E-state index is 14.5. The normalized spacial score (nSPS) is 27.5. The lowest BCUT2D eigenvalue weighted by Gasteiger charge is -2.42. The van der Waals surface area contributed by atoms with Crippen LogP contribution in [0.5, 0.6) is 0 Å². The fraction of sp³-hybridized carbons (Fsp3) is 0.875. The summed E-state index contributed by atoms with van der Waals surface area (Å²) in [7, 11) is 0. The molecule has 1 aliphatic heterocycles. The highest BCUT2D eigenvalue weighted by molar-refractivity contribution is 5.94. The van der Waals surface area contributed by atoms with E-state index in [1.165, 1.54) is 12.8 Å². The number of aliphatic imine (C=N–C) groups is 1. The van der Waals surface area contributed by atoms with Crippen molar-refractivity contribution in [3.05, 3.63) is 0 Å². The molecule has 4 aliphatic rings. The molecule has 0 spiro atoms. The molecule has 0 aromatic rings. The molecule has 2 N–H and O–H groups in total. The number of fused-ring (bicyclic) bond motifs is 1. The first-order chi connectivity index (χ1) is 19.8. The zero-order valence-corrected chi connectivity index (χ0v) is 25.7. The minimum absolute atomic E-state index is 0.0566. The number of aliphatic carboxylic acids is 1. The predicted molar refractivity (Wildman–Crippen MR) is 160 cm³/mol. The largest absolute Gasteiger partial charge is 0.480 e. The quantitative estimate of drug-likeness (QED) is 0.208. The number of carboxylic acid groups (broad SMARTS) is 1. The van der Waals surface area contributed by atoms with E-state index < -0.39 is 24.1 Å². The average Bonchev–Trinajstić information content (AvgIpc) is 3.37. The molecule has 9 nitrogen and oxygen atoms in total. The standard InChI is InChI=1S/C32H54N4O5/c1-4-14-27(31(40)41-5-2)35(32(33-24-16-8-6-9-17-24)34-25-18-10-7-11-19-25)22(3)29(37)36-26-20-13-12-15-23(26)21-28(36)30(38)39/h22-28H,4-21H2,1-3H3,(H,33,34)(H,38,39)/t22-,23-,26-,27?,28-/m0/s1. The van der Waals surface area contributed by atoms with Crippen molar-refractivity contribution in [1.29, 1.82) is 0 Å². The van der Waals surface area contributed by atoms with Crippen LogP contribution in [0.3, 0.4) is 0 Å². The number of hydrogen-bond acceptors (Lipinski definition) is 5. The van der Waals surface area contributed by atoms with Gasteiger partial charge in [0.1, 0.15) is 18.1 Å². The average molecular weight is 575 g/mol. The number of likely N-dealkylation sites (tertiary alicyclic amines) is 1. The van der Waals surface area contributed by atoms with Crippen molar-refractivity contribution in [3.8, 4) is 0 Å². The van der Waals surface area contributed by atoms with Crippen LogP contribution >= 0.6 is 0 Å². The van der Waals surface area contributed by atoms with E-state index in [2.05, 4.69) is 5.32 Å². The number of ether oxygens (including phenoxy) is 1. The summed E-state index contributed by atoms with van der Waals surface area (Å²) in [6.07, 6.45) is 16.8. The number of hydrogen-bond donors (Lipinski definition) is 2. The molecule has 0 aromatic heterocycles. The van der Waals surface area contributed by atoms with E-state index in [9.17, 15) is 19.5 Å². The number of rotatable bonds is 10. The van der Waals surface area contributed by atoms with Crippen molar-refractivity contribution in [2.75, 3.05) is 6.61 Å². The van der Waals surface area contributed by atoms with Crippen LogP contribution < -0.4 is 5.32 Å². The molecule has 1 heterocycles. The Hall–Kier alpha value is -2.32. The van der Waals surface area contributed by atoms with Crippen LogP contribution in [-0.4, -0.2) is 81.6 Å². The second kappa shape index (κ2) is 15.2. The number of nitrogens with zero attached hydrogens (tertiary/aromatic N) is 3. The molecular weight excluding hydrogens is 520 g/mol. The number of carbonyl (C=O) groups is 3. The molecule has 1 saturated heterocycles. The van der Waals surface area contributed by atoms with E-state index in [1.54, 1.807) is 4.90 Å². The van der Waals surface area contributed by atoms with Gasteiger partial charge in [0, 0.05) is 12.1 Å². The Morgan fingerprint density at radius 1 is 0.951 bits per heavy atom. The molecule has 3 aliphatic carbocycles. The summed E-state index contributed by atoms with van der Waals surface area (Å²) >= 11 is 0. The second-order valence-corrected chi connectivity index (χ2v) is 12.8. The summed E-state index contributed by atoms with van der Waals surface area (Å²) in [4.78, 5) is 49.4. The number of esters is 1. The number of nitrogens with one attached hydrogen (secondary N) is 1. The second-order valence-electron chi connectivity index (χ2n) is 12.8. The van der Waals surface area contributed by atoms with Gasteiger partial charge < -0.3 is 25.0 Å². The molecule has 4 rings (SSSR count). The van der Waals surface area contributed by atoms with Crippen LogP contribution in [0.4, 0.5) is 0 Å². The fourth-order valence-corrected chi connectivity index (χ4v) is 7.81. The summed E-state index contributed by atoms with van der Waals surface area (Å²) < 4.78 is 5.59. The molecule has 5 atom stereocenters. The van der Waals surface area contributed by atoms with Gasteiger partial charge in [-0.25, -0.2) is 14.6 Å². The highest BCUT2D eigenvalue weighted by Crippen LogP contribution is 2.40. The summed E-state index contributed by atoms with van der Waals surface area (Å²) in [6.45, 7) is 5.95. The first-order valence-electron chi connectivity index (χ1n) is 16.7. The third-order valence-electron chi connectivity index (χ3n) is 9.92. The van der Waals surface area contributed by atoms with Gasteiger partial charge in [0.05, 0.1) is 12.6 Å². The zero-order valence-electron chi connectivity index (χ0n) is 25.7. The van der Waals surface area contributed by atoms with Crippen LogP contribution in [0.15, 0.2) is 4.99 Å². The van der Waals surface area contributed by atoms with Crippen molar-refractivity contribution in [1.82, 2.24) is 15.1 Å². The van der Waals surface area contributed by atoms with Gasteiger partial charge in [-0.05, 0) is 71.1 Å². The molecule has 232 valence electrons. The molecule has 4 fully saturated rings. The third kappa shape index (κ3) is 7.75. The number of guanidine groups is 1. The number of carbonyl (C=O) groups excluding carboxylic acids is 2. The maximum Gasteiger partial charge on any atom is 0.328 e. The van der Waals surface area contributed by atoms with E-state index in [0.29, 0.717) is 18.8 Å². The SMILES string of the molecule is CCCC(C(=O)OCC)N(C(=NC1CCCCC1)NC1CCCCC1)[C@@H](C)C(=O)N1[C@H](C(=O)O)C[C@@H]2CCCC[C@@H]21. The van der Waals surface area contributed by atoms with Gasteiger partial charge in [-0.3, -0.25) is 4.79 Å². The smallest absolute Gasteiger partial charge is 0.328 e. The van der Waals surface area contributed by atoms with Crippen LogP contribution in [0.2, 0.25) is 0 Å². The molecule has 1 amide bonds. The van der Waals surface area contributed by atoms with Crippen LogP contribution in [-0.2, 0) is 19.1 Å². The third-order valence-corrected chi connectivity index (χ3v) is 9.92. The van der Waals surface area contributed by atoms with Gasteiger partial charge in [-0.2, -0.15) is 0 Å². The Balaban J connectivity index is 1.74. The van der Waals surface area contributed by atoms with E-state index >= 15 is 0 Å². The van der Waals surface area contributed by atoms with Gasteiger partial charge in [0.25, 0.3) is 0 Å². The Labute approximate surface area is 246 Å². The van der Waals surface area contributed by atoms with Gasteiger partial charge in [0.15, 0.2) is 5.96 Å². The van der Waals surface area contributed by atoms with Crippen molar-refractivity contribution in [2.45, 2.75) is 166 Å². The Kier molecular flexibility index (Phi) is 11.7. The van der Waals surface area contributed by atoms with Crippen molar-refractivity contribution in [2.24, 2.45) is 10.9 Å². The lowest BCUT2D eigenvalue weighted by atomic mass is 9.84. The van der Waals surface area contributed by atoms with Crippen LogP contribution in [0, 0.1) is 5.92 Å². The Bertz CT molecular complexity index is 914. The predicted octanol–water partition coefficient (Wildman–Crippen LogP) is 5.26. The summed E-state index contributed by atoms with van der Waals surface area (Å²) in [5, 5.41) is 13.9. The van der Waals surface area contributed by atoms with Gasteiger partial charge in [0.2, 0.25) is 5.91 Å². The highest BCUT2D eigenvalue weighted by atomic mass is 16.5. The molecule has 9 heteroatoms. The molecule has 0 bridgehead atoms. The van der Waals surface area contributed by atoms with Crippen LogP contribution in [0.25, 0.3) is 0 Å². The van der Waals surface area contributed by atoms with Crippen LogP contribution in [0.1, 0.15) is 130 Å². The van der Waals surface area contributed by atoms with Gasteiger partial charge >= 0.3 is 11.9 Å². The minimum Gasteiger partial charge on any atom is -0.480 e. The maximum atomic E-state index is 14.5. The van der Waals surface area contributed by atoms with E-state index in [1.807, 2.05) is 25.7 Å². The first-order valence-corrected chi connectivity index (χ1v) is 16.7. The topological polar surface area (TPSA) is 112 Å². The number of carboxylic acids is 1. The van der Waals surface area contributed by atoms with Crippen molar-refractivity contribution in [3.63, 3.8) is 0 Å². The molecule has 0 aromatic carbocycles. The molecule has 0 radical (unpaired) electrons. The van der Waals surface area contributed by atoms with E-state index in [0.717, 1.165) is 83.5 Å². The summed E-state index contributed by atoms with van der Waals surface area (Å²) in [6, 6.07) is -1.93. The van der Waals surface area contributed by atoms with Gasteiger partial charge in [-0.15, -0.1) is 0 Å². The van der Waals surface area contributed by atoms with Gasteiger partial charge in [-0.1, -0.05) is 64.7 Å². The molecule has 1 unspecified atom stereocenters. The Morgan fingerprint density at radius 3 is 2.22 bits per heavy atom. The monoisotopic (exact) mass is 574 g/mol. The first kappa shape index (κ1) is 31.6. The summed E-state index contributed by atoms with van der Waals surface area (Å²) in [5.41, 5.74) is 0. The molecular formula is C32H54N4O5. The van der Waals surface area contributed by atoms with Crippen molar-refractivity contribution < 1.29 is 24.2 Å². The van der Waals surface area contributed by atoms with Crippen molar-refractivity contribution >= 4 is 23.8 Å². The Morgan fingerprint density at radius 2 is 1.59 bits per heavy atom. The molecule has 3 saturated carbocycles. The molecule has 41 heavy (non-hydrogen) atoms. The van der Waals surface area contributed by atoms with E-state index in [4.69, 9.17) is 9.73 Å². The lowest BCUT2D eigenvalue weighted by Crippen LogP contribution is -2.62. The lowest BCUT2D eigenvalue weighted by molar-refractivity contribution is -0.155. The fourth-order valence-electron chi connectivity index (χ4n) is 7.81. The number of amides is 1.